The van der Waals surface area contributed by atoms with Crippen molar-refractivity contribution in [2.75, 3.05) is 39.2 Å². The number of anilines is 1. The van der Waals surface area contributed by atoms with Crippen molar-refractivity contribution in [3.63, 3.8) is 0 Å². The van der Waals surface area contributed by atoms with Crippen LogP contribution >= 0.6 is 0 Å². The summed E-state index contributed by atoms with van der Waals surface area (Å²) in [6.45, 7) is 1.94. The molecule has 7 heteroatoms. The molecular weight excluding hydrogens is 380 g/mol. The topological polar surface area (TPSA) is 70.1 Å². The van der Waals surface area contributed by atoms with Crippen molar-refractivity contribution in [1.82, 2.24) is 15.2 Å². The van der Waals surface area contributed by atoms with Gasteiger partial charge < -0.3 is 24.8 Å². The summed E-state index contributed by atoms with van der Waals surface area (Å²) in [4.78, 5) is 8.60. The minimum Gasteiger partial charge on any atom is -0.390 e. The first kappa shape index (κ1) is 21.2. The van der Waals surface area contributed by atoms with Crippen LogP contribution in [-0.4, -0.2) is 79.9 Å². The van der Waals surface area contributed by atoms with Gasteiger partial charge in [0.2, 0.25) is 0 Å². The normalized spacial score (nSPS) is 28.1. The minimum absolute atomic E-state index is 0.133. The molecule has 3 heterocycles. The zero-order valence-corrected chi connectivity index (χ0v) is 17.9. The third kappa shape index (κ3) is 4.66. The Labute approximate surface area is 178 Å². The molecule has 30 heavy (non-hydrogen) atoms. The summed E-state index contributed by atoms with van der Waals surface area (Å²) in [5, 5.41) is 14.7. The Morgan fingerprint density at radius 3 is 2.63 bits per heavy atom. The number of nitrogens with one attached hydrogen (secondary N) is 1. The quantitative estimate of drug-likeness (QED) is 0.677. The summed E-state index contributed by atoms with van der Waals surface area (Å²) in [7, 11) is 6.08. The Bertz CT molecular complexity index is 802. The molecule has 1 aromatic carbocycles. The number of aliphatic hydroxyl groups is 1. The molecule has 2 N–H and O–H groups in total. The summed E-state index contributed by atoms with van der Waals surface area (Å²) in [5.74, 6) is 0. The van der Waals surface area contributed by atoms with Gasteiger partial charge >= 0.3 is 0 Å². The van der Waals surface area contributed by atoms with Crippen molar-refractivity contribution in [2.24, 2.45) is 0 Å². The average molecular weight is 413 g/mol. The maximum absolute atomic E-state index is 11.2. The molecule has 4 rings (SSSR count). The molecule has 0 unspecified atom stereocenters. The summed E-state index contributed by atoms with van der Waals surface area (Å²) >= 11 is 0. The van der Waals surface area contributed by atoms with E-state index in [-0.39, 0.29) is 18.2 Å². The Morgan fingerprint density at radius 2 is 1.93 bits per heavy atom. The lowest BCUT2D eigenvalue weighted by Crippen LogP contribution is -2.63. The third-order valence-corrected chi connectivity index (χ3v) is 6.08. The molecular formula is C23H32N4O3. The highest BCUT2D eigenvalue weighted by molar-refractivity contribution is 5.45. The number of ether oxygens (including phenoxy) is 2. The van der Waals surface area contributed by atoms with Crippen LogP contribution in [-0.2, 0) is 22.4 Å². The van der Waals surface area contributed by atoms with Crippen molar-refractivity contribution in [3.8, 4) is 0 Å². The van der Waals surface area contributed by atoms with Gasteiger partial charge in [-0.1, -0.05) is 18.2 Å². The van der Waals surface area contributed by atoms with Crippen molar-refractivity contribution in [1.29, 1.82) is 0 Å². The van der Waals surface area contributed by atoms with E-state index in [1.807, 2.05) is 45.5 Å². The smallest absolute Gasteiger partial charge is 0.176 e. The second kappa shape index (κ2) is 9.41. The number of pyridine rings is 1. The van der Waals surface area contributed by atoms with E-state index in [9.17, 15) is 5.11 Å². The third-order valence-electron chi connectivity index (χ3n) is 6.08. The van der Waals surface area contributed by atoms with Crippen molar-refractivity contribution < 1.29 is 14.6 Å². The number of likely N-dealkylation sites (N-methyl/N-ethyl adjacent to an activating group) is 1. The lowest BCUT2D eigenvalue weighted by atomic mass is 9.94. The summed E-state index contributed by atoms with van der Waals surface area (Å²) in [6, 6.07) is 14.0. The molecule has 2 bridgehead atoms. The van der Waals surface area contributed by atoms with E-state index in [0.717, 1.165) is 18.7 Å². The van der Waals surface area contributed by atoms with Gasteiger partial charge in [0.25, 0.3) is 0 Å². The Kier molecular flexibility index (Phi) is 6.65. The highest BCUT2D eigenvalue weighted by atomic mass is 16.7. The van der Waals surface area contributed by atoms with Gasteiger partial charge in [-0.2, -0.15) is 0 Å². The summed E-state index contributed by atoms with van der Waals surface area (Å²) in [5.41, 5.74) is 3.38. The molecule has 2 fully saturated rings. The molecule has 0 radical (unpaired) electrons. The summed E-state index contributed by atoms with van der Waals surface area (Å²) < 4.78 is 12.0. The van der Waals surface area contributed by atoms with Crippen LogP contribution in [0.25, 0.3) is 0 Å². The fourth-order valence-electron chi connectivity index (χ4n) is 4.26. The second-order valence-electron chi connectivity index (χ2n) is 8.38. The predicted molar refractivity (Wildman–Crippen MR) is 116 cm³/mol. The van der Waals surface area contributed by atoms with Gasteiger partial charge in [-0.25, -0.2) is 0 Å². The number of hydrogen-bond acceptors (Lipinski definition) is 7. The zero-order valence-electron chi connectivity index (χ0n) is 17.9. The van der Waals surface area contributed by atoms with E-state index in [0.29, 0.717) is 13.2 Å². The van der Waals surface area contributed by atoms with Crippen molar-refractivity contribution in [3.05, 3.63) is 59.9 Å². The fourth-order valence-corrected chi connectivity index (χ4v) is 4.26. The number of hydrogen-bond donors (Lipinski definition) is 2. The first-order valence-corrected chi connectivity index (χ1v) is 10.6. The number of aromatic nitrogens is 1. The zero-order chi connectivity index (χ0) is 21.1. The van der Waals surface area contributed by atoms with E-state index >= 15 is 0 Å². The van der Waals surface area contributed by atoms with Gasteiger partial charge in [0.05, 0.1) is 24.8 Å². The first-order chi connectivity index (χ1) is 14.5. The van der Waals surface area contributed by atoms with Gasteiger partial charge in [0.15, 0.2) is 6.29 Å². The number of fused-ring (bicyclic) bond motifs is 2. The number of nitrogens with zero attached hydrogens (tertiary/aromatic N) is 3. The standard InChI is InChI=1S/C23H32N4O3/c1-26(2)18-9-7-16(8-10-18)14-25-20-19-15-29-23(30-19)21(22(20)28)27(3)13-11-17-6-4-5-12-24-17/h4-10,12,19-23,25,28H,11,13-15H2,1-3H3/t19-,20-,21+,22-,23+/m0/s1. The lowest BCUT2D eigenvalue weighted by molar-refractivity contribution is -0.178. The Balaban J connectivity index is 1.37. The predicted octanol–water partition coefficient (Wildman–Crippen LogP) is 1.26. The van der Waals surface area contributed by atoms with Gasteiger partial charge in [-0.3, -0.25) is 9.88 Å². The van der Waals surface area contributed by atoms with Crippen LogP contribution in [0.4, 0.5) is 5.69 Å². The van der Waals surface area contributed by atoms with Gasteiger partial charge in [-0.15, -0.1) is 0 Å². The largest absolute Gasteiger partial charge is 0.390 e. The molecule has 2 aromatic rings. The monoisotopic (exact) mass is 412 g/mol. The molecule has 2 aliphatic rings. The molecule has 1 aromatic heterocycles. The highest BCUT2D eigenvalue weighted by Gasteiger charge is 2.51. The number of rotatable bonds is 8. The van der Waals surface area contributed by atoms with Crippen LogP contribution in [0.3, 0.4) is 0 Å². The van der Waals surface area contributed by atoms with Crippen molar-refractivity contribution >= 4 is 5.69 Å². The average Bonchev–Trinajstić information content (AvgIpc) is 3.18. The minimum atomic E-state index is -0.578. The Hall–Kier alpha value is -2.03. The van der Waals surface area contributed by atoms with Crippen LogP contribution in [0, 0.1) is 0 Å². The molecule has 5 atom stereocenters. The maximum Gasteiger partial charge on any atom is 0.176 e. The molecule has 2 saturated heterocycles. The van der Waals surface area contributed by atoms with Crippen LogP contribution in [0.2, 0.25) is 0 Å². The molecule has 7 nitrogen and oxygen atoms in total. The van der Waals surface area contributed by atoms with Gasteiger partial charge in [0, 0.05) is 51.2 Å². The van der Waals surface area contributed by atoms with Gasteiger partial charge in [0.1, 0.15) is 6.10 Å². The molecule has 0 saturated carbocycles. The maximum atomic E-state index is 11.2. The van der Waals surface area contributed by atoms with Gasteiger partial charge in [-0.05, 0) is 36.9 Å². The lowest BCUT2D eigenvalue weighted by Gasteiger charge is -2.42. The number of benzene rings is 1. The molecule has 0 amide bonds. The second-order valence-corrected chi connectivity index (χ2v) is 8.38. The highest BCUT2D eigenvalue weighted by Crippen LogP contribution is 2.31. The molecule has 0 spiro atoms. The van der Waals surface area contributed by atoms with E-state index in [4.69, 9.17) is 9.47 Å². The van der Waals surface area contributed by atoms with Crippen LogP contribution in [0.5, 0.6) is 0 Å². The molecule has 162 valence electrons. The molecule has 2 aliphatic heterocycles. The Morgan fingerprint density at radius 1 is 1.13 bits per heavy atom. The van der Waals surface area contributed by atoms with Crippen LogP contribution in [0.1, 0.15) is 11.3 Å². The van der Waals surface area contributed by atoms with Crippen LogP contribution < -0.4 is 10.2 Å². The van der Waals surface area contributed by atoms with Crippen LogP contribution in [0.15, 0.2) is 48.7 Å². The van der Waals surface area contributed by atoms with E-state index in [1.165, 1.54) is 11.3 Å². The van der Waals surface area contributed by atoms with E-state index in [1.54, 1.807) is 0 Å². The fraction of sp³-hybridized carbons (Fsp3) is 0.522. The first-order valence-electron chi connectivity index (χ1n) is 10.6. The molecule has 0 aliphatic carbocycles. The SMILES string of the molecule is CN(C)c1ccc(CN[C@@H]2[C@H](O)[C@@H](N(C)CCc3ccccn3)[C@@H]3OC[C@@H]2O3)cc1. The van der Waals surface area contributed by atoms with Crippen molar-refractivity contribution in [2.45, 2.75) is 43.5 Å². The van der Waals surface area contributed by atoms with E-state index < -0.39 is 12.4 Å². The number of aliphatic hydroxyl groups excluding tert-OH is 1. The van der Waals surface area contributed by atoms with E-state index in [2.05, 4.69) is 44.4 Å². The summed E-state index contributed by atoms with van der Waals surface area (Å²) in [6.07, 6.45) is 1.52.